The van der Waals surface area contributed by atoms with Crippen molar-refractivity contribution in [2.75, 3.05) is 0 Å². The molecule has 1 atom stereocenters. The van der Waals surface area contributed by atoms with Gasteiger partial charge >= 0.3 is 0 Å². The summed E-state index contributed by atoms with van der Waals surface area (Å²) in [5.74, 6) is -3.27. The molecule has 17 heavy (non-hydrogen) atoms. The molecule has 0 fully saturated rings. The van der Waals surface area contributed by atoms with Crippen LogP contribution in [0.25, 0.3) is 0 Å². The smallest absolute Gasteiger partial charge is 0.225 e. The molecule has 0 bridgehead atoms. The van der Waals surface area contributed by atoms with Crippen molar-refractivity contribution in [3.05, 3.63) is 35.4 Å². The van der Waals surface area contributed by atoms with Gasteiger partial charge in [-0.2, -0.15) is 0 Å². The van der Waals surface area contributed by atoms with Crippen LogP contribution in [-0.2, 0) is 4.79 Å². The molecule has 1 rings (SSSR count). The van der Waals surface area contributed by atoms with E-state index >= 15 is 0 Å². The maximum atomic E-state index is 13.1. The van der Waals surface area contributed by atoms with Crippen LogP contribution in [0.1, 0.15) is 31.7 Å². The number of carbonyl (C=O) groups is 1. The van der Waals surface area contributed by atoms with Crippen LogP contribution in [0, 0.1) is 11.6 Å². The predicted molar refractivity (Wildman–Crippen MR) is 61.2 cm³/mol. The van der Waals surface area contributed by atoms with Crippen LogP contribution < -0.4 is 11.5 Å². The van der Waals surface area contributed by atoms with Crippen LogP contribution in [0.15, 0.2) is 18.2 Å². The molecule has 0 aliphatic heterocycles. The molecule has 0 aliphatic carbocycles. The summed E-state index contributed by atoms with van der Waals surface area (Å²) in [6.07, 6.45) is 0.271. The third-order valence-electron chi connectivity index (χ3n) is 2.42. The van der Waals surface area contributed by atoms with Gasteiger partial charge in [0.05, 0.1) is 5.92 Å². The third kappa shape index (κ3) is 3.78. The molecule has 4 N–H and O–H groups in total. The van der Waals surface area contributed by atoms with E-state index in [1.54, 1.807) is 13.8 Å². The van der Waals surface area contributed by atoms with Gasteiger partial charge in [0.15, 0.2) is 11.6 Å². The molecule has 1 aromatic carbocycles. The molecule has 0 saturated carbocycles. The average Bonchev–Trinajstić information content (AvgIpc) is 2.17. The van der Waals surface area contributed by atoms with E-state index in [0.29, 0.717) is 5.56 Å². The standard InChI is InChI=1S/C12H16F2N2O/c1-12(2,16)6-8(11(15)17)7-3-4-9(13)10(14)5-7/h3-5,8H,6,16H2,1-2H3,(H2,15,17). The second-order valence-corrected chi connectivity index (χ2v) is 4.82. The molecule has 1 unspecified atom stereocenters. The van der Waals surface area contributed by atoms with E-state index in [2.05, 4.69) is 0 Å². The second kappa shape index (κ2) is 4.79. The zero-order chi connectivity index (χ0) is 13.2. The Morgan fingerprint density at radius 1 is 1.35 bits per heavy atom. The van der Waals surface area contributed by atoms with E-state index in [4.69, 9.17) is 11.5 Å². The molecule has 0 spiro atoms. The maximum absolute atomic E-state index is 13.1. The van der Waals surface area contributed by atoms with Gasteiger partial charge in [0.2, 0.25) is 5.91 Å². The van der Waals surface area contributed by atoms with Crippen molar-refractivity contribution < 1.29 is 13.6 Å². The molecule has 94 valence electrons. The van der Waals surface area contributed by atoms with E-state index in [0.717, 1.165) is 12.1 Å². The van der Waals surface area contributed by atoms with Crippen molar-refractivity contribution in [2.24, 2.45) is 11.5 Å². The molecule has 0 aromatic heterocycles. The van der Waals surface area contributed by atoms with Gasteiger partial charge in [-0.25, -0.2) is 8.78 Å². The highest BCUT2D eigenvalue weighted by atomic mass is 19.2. The number of nitrogens with two attached hydrogens (primary N) is 2. The lowest BCUT2D eigenvalue weighted by Crippen LogP contribution is -2.37. The highest BCUT2D eigenvalue weighted by molar-refractivity contribution is 5.82. The van der Waals surface area contributed by atoms with E-state index in [9.17, 15) is 13.6 Å². The lowest BCUT2D eigenvalue weighted by molar-refractivity contribution is -0.119. The molecule has 1 aromatic rings. The summed E-state index contributed by atoms with van der Waals surface area (Å²) in [5, 5.41) is 0. The largest absolute Gasteiger partial charge is 0.369 e. The summed E-state index contributed by atoms with van der Waals surface area (Å²) < 4.78 is 25.9. The molecule has 5 heteroatoms. The molecular weight excluding hydrogens is 226 g/mol. The van der Waals surface area contributed by atoms with Gasteiger partial charge in [-0.1, -0.05) is 6.07 Å². The number of halogens is 2. The number of hydrogen-bond acceptors (Lipinski definition) is 2. The number of hydrogen-bond donors (Lipinski definition) is 2. The van der Waals surface area contributed by atoms with Crippen molar-refractivity contribution in [1.29, 1.82) is 0 Å². The van der Waals surface area contributed by atoms with Crippen molar-refractivity contribution >= 4 is 5.91 Å². The van der Waals surface area contributed by atoms with Crippen LogP contribution in [0.5, 0.6) is 0 Å². The number of primary amides is 1. The van der Waals surface area contributed by atoms with Gasteiger partial charge < -0.3 is 11.5 Å². The Labute approximate surface area is 98.8 Å². The fourth-order valence-electron chi connectivity index (χ4n) is 1.64. The first-order valence-electron chi connectivity index (χ1n) is 5.24. The van der Waals surface area contributed by atoms with E-state index in [-0.39, 0.29) is 6.42 Å². The second-order valence-electron chi connectivity index (χ2n) is 4.82. The quantitative estimate of drug-likeness (QED) is 0.843. The molecule has 0 saturated heterocycles. The zero-order valence-electron chi connectivity index (χ0n) is 9.84. The summed E-state index contributed by atoms with van der Waals surface area (Å²) in [6.45, 7) is 3.48. The number of benzene rings is 1. The summed E-state index contributed by atoms with van der Waals surface area (Å²) >= 11 is 0. The van der Waals surface area contributed by atoms with Crippen molar-refractivity contribution in [1.82, 2.24) is 0 Å². The fraction of sp³-hybridized carbons (Fsp3) is 0.417. The van der Waals surface area contributed by atoms with Gasteiger partial charge in [0.25, 0.3) is 0 Å². The van der Waals surface area contributed by atoms with Gasteiger partial charge in [0.1, 0.15) is 0 Å². The van der Waals surface area contributed by atoms with Gasteiger partial charge in [-0.05, 0) is 38.0 Å². The molecular formula is C12H16F2N2O. The van der Waals surface area contributed by atoms with Gasteiger partial charge in [-0.3, -0.25) is 4.79 Å². The summed E-state index contributed by atoms with van der Waals surface area (Å²) in [6, 6.07) is 3.31. The van der Waals surface area contributed by atoms with Crippen LogP contribution in [-0.4, -0.2) is 11.4 Å². The highest BCUT2D eigenvalue weighted by Crippen LogP contribution is 2.25. The monoisotopic (exact) mass is 242 g/mol. The van der Waals surface area contributed by atoms with Crippen molar-refractivity contribution in [2.45, 2.75) is 31.7 Å². The Bertz CT molecular complexity index is 427. The van der Waals surface area contributed by atoms with E-state index < -0.39 is 29.0 Å². The first kappa shape index (κ1) is 13.6. The molecule has 0 heterocycles. The van der Waals surface area contributed by atoms with Crippen LogP contribution in [0.3, 0.4) is 0 Å². The Balaban J connectivity index is 3.06. The Hall–Kier alpha value is -1.49. The molecule has 0 radical (unpaired) electrons. The minimum Gasteiger partial charge on any atom is -0.369 e. The Morgan fingerprint density at radius 2 is 1.94 bits per heavy atom. The predicted octanol–water partition coefficient (Wildman–Crippen LogP) is 1.66. The zero-order valence-corrected chi connectivity index (χ0v) is 9.84. The molecule has 0 aliphatic rings. The highest BCUT2D eigenvalue weighted by Gasteiger charge is 2.25. The van der Waals surface area contributed by atoms with Crippen molar-refractivity contribution in [3.8, 4) is 0 Å². The summed E-state index contributed by atoms with van der Waals surface area (Å²) in [4.78, 5) is 11.3. The van der Waals surface area contributed by atoms with Crippen molar-refractivity contribution in [3.63, 3.8) is 0 Å². The normalized spacial score (nSPS) is 13.5. The molecule has 1 amide bonds. The van der Waals surface area contributed by atoms with Gasteiger partial charge in [0, 0.05) is 5.54 Å². The number of carbonyl (C=O) groups excluding carboxylic acids is 1. The summed E-state index contributed by atoms with van der Waals surface area (Å²) in [5.41, 5.74) is 10.8. The maximum Gasteiger partial charge on any atom is 0.225 e. The SMILES string of the molecule is CC(C)(N)CC(C(N)=O)c1ccc(F)c(F)c1. The lowest BCUT2D eigenvalue weighted by Gasteiger charge is -2.24. The first-order valence-corrected chi connectivity index (χ1v) is 5.24. The average molecular weight is 242 g/mol. The number of amides is 1. The Kier molecular flexibility index (Phi) is 3.83. The summed E-state index contributed by atoms with van der Waals surface area (Å²) in [7, 11) is 0. The minimum atomic E-state index is -0.997. The lowest BCUT2D eigenvalue weighted by atomic mass is 9.86. The first-order chi connectivity index (χ1) is 7.70. The van der Waals surface area contributed by atoms with E-state index in [1.165, 1.54) is 6.07 Å². The topological polar surface area (TPSA) is 69.1 Å². The number of rotatable bonds is 4. The van der Waals surface area contributed by atoms with Crippen LogP contribution >= 0.6 is 0 Å². The molecule has 3 nitrogen and oxygen atoms in total. The third-order valence-corrected chi connectivity index (χ3v) is 2.42. The van der Waals surface area contributed by atoms with Gasteiger partial charge in [-0.15, -0.1) is 0 Å². The van der Waals surface area contributed by atoms with Crippen LogP contribution in [0.2, 0.25) is 0 Å². The fourth-order valence-corrected chi connectivity index (χ4v) is 1.64. The Morgan fingerprint density at radius 3 is 2.35 bits per heavy atom. The minimum absolute atomic E-state index is 0.271. The van der Waals surface area contributed by atoms with E-state index in [1.807, 2.05) is 0 Å². The van der Waals surface area contributed by atoms with Crippen LogP contribution in [0.4, 0.5) is 8.78 Å².